The molecule has 0 fully saturated rings. The van der Waals surface area contributed by atoms with Crippen molar-refractivity contribution >= 4 is 0 Å². The summed E-state index contributed by atoms with van der Waals surface area (Å²) in [5, 5.41) is 0. The predicted octanol–water partition coefficient (Wildman–Crippen LogP) is 0.316. The normalized spacial score (nSPS) is 12.4. The van der Waals surface area contributed by atoms with E-state index in [9.17, 15) is 0 Å². The van der Waals surface area contributed by atoms with E-state index < -0.39 is 0 Å². The van der Waals surface area contributed by atoms with Crippen LogP contribution in [0.15, 0.2) is 0 Å². The smallest absolute Gasteiger partial charge is 1.00 e. The second kappa shape index (κ2) is 10.1. The Morgan fingerprint density at radius 1 is 1.20 bits per heavy atom. The summed E-state index contributed by atoms with van der Waals surface area (Å²) in [4.78, 5) is 0. The van der Waals surface area contributed by atoms with Gasteiger partial charge < -0.3 is 17.0 Å². The molecule has 0 rings (SSSR count). The summed E-state index contributed by atoms with van der Waals surface area (Å²) in [7, 11) is 0. The largest absolute Gasteiger partial charge is 1.00 e. The van der Waals surface area contributed by atoms with Crippen molar-refractivity contribution in [3.63, 3.8) is 0 Å². The van der Waals surface area contributed by atoms with Crippen LogP contribution in [-0.2, 0) is 18.3 Å². The van der Waals surface area contributed by atoms with Crippen molar-refractivity contribution in [1.82, 2.24) is 0 Å². The molecule has 0 N–H and O–H groups in total. The summed E-state index contributed by atoms with van der Waals surface area (Å²) in [6.07, 6.45) is 7.21. The topological polar surface area (TPSA) is 0 Å². The molecule has 0 amide bonds. The van der Waals surface area contributed by atoms with Crippen LogP contribution in [-0.4, -0.2) is 0 Å². The first kappa shape index (κ1) is 13.7. The molecule has 0 aliphatic carbocycles. The van der Waals surface area contributed by atoms with Gasteiger partial charge in [-0.25, -0.2) is 0 Å². The van der Waals surface area contributed by atoms with Gasteiger partial charge >= 0.3 is 68.8 Å². The Hall–Kier alpha value is 1.10. The van der Waals surface area contributed by atoms with E-state index in [-0.39, 0.29) is 17.0 Å². The third-order valence-electron chi connectivity index (χ3n) is 1.55. The van der Waals surface area contributed by atoms with Crippen LogP contribution in [0.3, 0.4) is 0 Å². The minimum Gasteiger partial charge on any atom is -1.00 e. The molecule has 0 aromatic heterocycles. The average Bonchev–Trinajstić information content (AvgIpc) is 1.80. The zero-order chi connectivity index (χ0) is 7.11. The maximum atomic E-state index is 2.35. The van der Waals surface area contributed by atoms with Gasteiger partial charge in [0.15, 0.2) is 0 Å². The summed E-state index contributed by atoms with van der Waals surface area (Å²) in [5.41, 5.74) is 0. The van der Waals surface area contributed by atoms with Gasteiger partial charge in [0.2, 0.25) is 0 Å². The molecule has 0 spiro atoms. The van der Waals surface area contributed by atoms with Crippen LogP contribution in [0.4, 0.5) is 0 Å². The maximum Gasteiger partial charge on any atom is -1.00 e. The fraction of sp³-hybridized carbons (Fsp3) is 1.00. The molecule has 0 nitrogen and oxygen atoms in total. The average molecular weight is 259 g/mol. The molecular formula is C8H17BrZn. The van der Waals surface area contributed by atoms with E-state index in [4.69, 9.17) is 0 Å². The first-order valence-corrected chi connectivity index (χ1v) is 5.81. The molecule has 2 heteroatoms. The van der Waals surface area contributed by atoms with Crippen LogP contribution in [0.25, 0.3) is 0 Å². The third kappa shape index (κ3) is 11.8. The fourth-order valence-corrected chi connectivity index (χ4v) is 1.53. The molecule has 1 atom stereocenters. The summed E-state index contributed by atoms with van der Waals surface area (Å²) in [6.45, 7) is 4.62. The standard InChI is InChI=1S/C8H17.BrH.Zn/c1-3-5-7-8-6-4-2;;/h3H,4-8H2,1-2H3;1H;/q;;+1/p-1. The molecule has 0 aromatic rings. The quantitative estimate of drug-likeness (QED) is 0.492. The Morgan fingerprint density at radius 3 is 2.20 bits per heavy atom. The number of hydrogen-bond donors (Lipinski definition) is 0. The van der Waals surface area contributed by atoms with Crippen molar-refractivity contribution in [3.8, 4) is 0 Å². The van der Waals surface area contributed by atoms with Crippen LogP contribution in [0.2, 0.25) is 4.51 Å². The van der Waals surface area contributed by atoms with E-state index >= 15 is 0 Å². The Morgan fingerprint density at radius 2 is 1.80 bits per heavy atom. The molecular weight excluding hydrogens is 241 g/mol. The maximum absolute atomic E-state index is 2.35. The Kier molecular flexibility index (Phi) is 13.8. The van der Waals surface area contributed by atoms with Crippen LogP contribution in [0.5, 0.6) is 0 Å². The minimum atomic E-state index is 0. The van der Waals surface area contributed by atoms with Crippen molar-refractivity contribution in [2.75, 3.05) is 0 Å². The zero-order valence-corrected chi connectivity index (χ0v) is 11.8. The molecule has 0 saturated carbocycles. The fourth-order valence-electron chi connectivity index (χ4n) is 0.920. The van der Waals surface area contributed by atoms with Gasteiger partial charge in [-0.1, -0.05) is 0 Å². The first-order valence-electron chi connectivity index (χ1n) is 4.10. The van der Waals surface area contributed by atoms with Crippen LogP contribution in [0, 0.1) is 0 Å². The van der Waals surface area contributed by atoms with Crippen molar-refractivity contribution in [1.29, 1.82) is 0 Å². The van der Waals surface area contributed by atoms with Crippen molar-refractivity contribution in [3.05, 3.63) is 0 Å². The zero-order valence-electron chi connectivity index (χ0n) is 7.20. The molecule has 1 unspecified atom stereocenters. The number of unbranched alkanes of at least 4 members (excludes halogenated alkanes) is 3. The molecule has 0 aromatic carbocycles. The van der Waals surface area contributed by atoms with Gasteiger partial charge in [-0.05, 0) is 0 Å². The summed E-state index contributed by atoms with van der Waals surface area (Å²) < 4.78 is 1.03. The van der Waals surface area contributed by atoms with Gasteiger partial charge in [-0.3, -0.25) is 0 Å². The van der Waals surface area contributed by atoms with Gasteiger partial charge in [0.25, 0.3) is 0 Å². The van der Waals surface area contributed by atoms with Gasteiger partial charge in [0.05, 0.1) is 0 Å². The second-order valence-electron chi connectivity index (χ2n) is 2.95. The van der Waals surface area contributed by atoms with Crippen molar-refractivity contribution in [2.24, 2.45) is 0 Å². The summed E-state index contributed by atoms with van der Waals surface area (Å²) >= 11 is 1.48. The molecule has 0 saturated heterocycles. The van der Waals surface area contributed by atoms with Gasteiger partial charge in [0.1, 0.15) is 0 Å². The second-order valence-corrected chi connectivity index (χ2v) is 5.88. The Labute approximate surface area is 85.6 Å². The van der Waals surface area contributed by atoms with E-state index in [1.165, 1.54) is 50.4 Å². The SMILES string of the molecule is CCCCCC[CH](C)[Zn+].[Br-]. The van der Waals surface area contributed by atoms with E-state index in [2.05, 4.69) is 13.8 Å². The van der Waals surface area contributed by atoms with E-state index in [0.29, 0.717) is 0 Å². The Bertz CT molecular complexity index is 55.2. The molecule has 0 bridgehead atoms. The van der Waals surface area contributed by atoms with Crippen molar-refractivity contribution < 1.29 is 35.3 Å². The summed E-state index contributed by atoms with van der Waals surface area (Å²) in [6, 6.07) is 0. The van der Waals surface area contributed by atoms with Gasteiger partial charge in [-0.2, -0.15) is 0 Å². The molecule has 10 heavy (non-hydrogen) atoms. The minimum absolute atomic E-state index is 0. The van der Waals surface area contributed by atoms with Crippen LogP contribution in [0.1, 0.15) is 46.0 Å². The number of rotatable bonds is 5. The molecule has 0 radical (unpaired) electrons. The van der Waals surface area contributed by atoms with E-state index in [1.807, 2.05) is 0 Å². The van der Waals surface area contributed by atoms with Crippen LogP contribution >= 0.6 is 0 Å². The number of hydrogen-bond acceptors (Lipinski definition) is 0. The number of halogens is 1. The monoisotopic (exact) mass is 256 g/mol. The predicted molar refractivity (Wildman–Crippen MR) is 38.2 cm³/mol. The summed E-state index contributed by atoms with van der Waals surface area (Å²) in [5.74, 6) is 0. The van der Waals surface area contributed by atoms with Crippen LogP contribution < -0.4 is 17.0 Å². The van der Waals surface area contributed by atoms with E-state index in [1.54, 1.807) is 0 Å². The third-order valence-corrected chi connectivity index (χ3v) is 2.41. The molecule has 0 heterocycles. The van der Waals surface area contributed by atoms with Gasteiger partial charge in [-0.15, -0.1) is 0 Å². The van der Waals surface area contributed by atoms with Gasteiger partial charge in [0, 0.05) is 0 Å². The molecule has 0 aliphatic heterocycles. The van der Waals surface area contributed by atoms with Crippen molar-refractivity contribution in [2.45, 2.75) is 50.5 Å². The molecule has 0 aliphatic rings. The first-order chi connectivity index (χ1) is 4.27. The Balaban J connectivity index is 0. The molecule has 58 valence electrons. The van der Waals surface area contributed by atoms with E-state index in [0.717, 1.165) is 4.51 Å².